The zero-order chi connectivity index (χ0) is 26.3. The molecule has 1 unspecified atom stereocenters. The Morgan fingerprint density at radius 3 is 2.44 bits per heavy atom. The van der Waals surface area contributed by atoms with E-state index >= 15 is 0 Å². The molecule has 0 bridgehead atoms. The second kappa shape index (κ2) is 9.52. The third-order valence-electron chi connectivity index (χ3n) is 5.42. The molecule has 3 aromatic rings. The van der Waals surface area contributed by atoms with Crippen molar-refractivity contribution in [3.63, 3.8) is 0 Å². The van der Waals surface area contributed by atoms with Gasteiger partial charge in [0, 0.05) is 17.1 Å². The van der Waals surface area contributed by atoms with Gasteiger partial charge in [-0.05, 0) is 43.7 Å². The summed E-state index contributed by atoms with van der Waals surface area (Å²) < 4.78 is 95.9. The molecule has 2 heterocycles. The SMILES string of the molecule is Cc1nc(N[C@H](C)c2cc(N)cc(C(F)(F)F)c2)c2cc3c(cc2n1)OCCOCC(C(F)(F)F)O3. The summed E-state index contributed by atoms with van der Waals surface area (Å²) in [6, 6.07) is 5.23. The van der Waals surface area contributed by atoms with Crippen LogP contribution in [0.5, 0.6) is 11.5 Å². The molecule has 0 aliphatic carbocycles. The van der Waals surface area contributed by atoms with Crippen molar-refractivity contribution in [1.29, 1.82) is 0 Å². The standard InChI is InChI=1S/C23H22F6N4O3/c1-11(13-5-14(22(24,25)26)7-15(30)6-13)31-21-16-8-19-18(9-17(16)32-12(2)33-21)35-4-3-34-10-20(36-19)23(27,28)29/h5-9,11,20H,3-4,10,30H2,1-2H3,(H,31,32,33)/t11-,20?/m1/s1. The van der Waals surface area contributed by atoms with Crippen LogP contribution in [0.25, 0.3) is 10.9 Å². The number of nitrogens with one attached hydrogen (secondary N) is 1. The van der Waals surface area contributed by atoms with E-state index in [1.165, 1.54) is 18.2 Å². The molecule has 1 aliphatic rings. The fourth-order valence-corrected chi connectivity index (χ4v) is 3.70. The number of aromatic nitrogens is 2. The van der Waals surface area contributed by atoms with Crippen LogP contribution < -0.4 is 20.5 Å². The highest BCUT2D eigenvalue weighted by Gasteiger charge is 2.43. The number of aryl methyl sites for hydroxylation is 1. The number of benzene rings is 2. The molecule has 13 heteroatoms. The molecule has 0 saturated carbocycles. The number of alkyl halides is 6. The number of nitrogens with two attached hydrogens (primary N) is 1. The number of halogens is 6. The van der Waals surface area contributed by atoms with Gasteiger partial charge in [-0.3, -0.25) is 0 Å². The van der Waals surface area contributed by atoms with Crippen molar-refractivity contribution in [3.8, 4) is 11.5 Å². The molecule has 0 saturated heterocycles. The number of hydrogen-bond donors (Lipinski definition) is 2. The zero-order valence-corrected chi connectivity index (χ0v) is 19.1. The highest BCUT2D eigenvalue weighted by molar-refractivity contribution is 5.92. The number of hydrogen-bond acceptors (Lipinski definition) is 7. The lowest BCUT2D eigenvalue weighted by atomic mass is 10.0. The monoisotopic (exact) mass is 516 g/mol. The topological polar surface area (TPSA) is 91.5 Å². The largest absolute Gasteiger partial charge is 0.487 e. The molecule has 0 radical (unpaired) electrons. The lowest BCUT2D eigenvalue weighted by molar-refractivity contribution is -0.207. The van der Waals surface area contributed by atoms with Gasteiger partial charge in [0.25, 0.3) is 0 Å². The third-order valence-corrected chi connectivity index (χ3v) is 5.42. The Hall–Kier alpha value is -3.48. The van der Waals surface area contributed by atoms with Gasteiger partial charge < -0.3 is 25.3 Å². The number of fused-ring (bicyclic) bond motifs is 2. The number of nitrogen functional groups attached to an aromatic ring is 1. The van der Waals surface area contributed by atoms with Gasteiger partial charge in [-0.25, -0.2) is 9.97 Å². The molecule has 7 nitrogen and oxygen atoms in total. The fourth-order valence-electron chi connectivity index (χ4n) is 3.70. The minimum absolute atomic E-state index is 0.00435. The van der Waals surface area contributed by atoms with Crippen molar-refractivity contribution >= 4 is 22.4 Å². The van der Waals surface area contributed by atoms with Crippen molar-refractivity contribution in [3.05, 3.63) is 47.3 Å². The van der Waals surface area contributed by atoms with Gasteiger partial charge >= 0.3 is 12.4 Å². The van der Waals surface area contributed by atoms with Gasteiger partial charge in [0.2, 0.25) is 6.10 Å². The second-order valence-electron chi connectivity index (χ2n) is 8.26. The highest BCUT2D eigenvalue weighted by Crippen LogP contribution is 2.39. The van der Waals surface area contributed by atoms with Crippen LogP contribution in [0.1, 0.15) is 29.9 Å². The van der Waals surface area contributed by atoms with Crippen LogP contribution in [-0.4, -0.2) is 42.1 Å². The van der Waals surface area contributed by atoms with E-state index in [4.69, 9.17) is 19.9 Å². The van der Waals surface area contributed by atoms with Gasteiger partial charge in [0.15, 0.2) is 11.5 Å². The lowest BCUT2D eigenvalue weighted by Crippen LogP contribution is -2.38. The first kappa shape index (κ1) is 25.6. The maximum Gasteiger partial charge on any atom is 0.427 e. The van der Waals surface area contributed by atoms with Crippen molar-refractivity contribution in [2.24, 2.45) is 0 Å². The smallest absolute Gasteiger partial charge is 0.427 e. The number of ether oxygens (including phenoxy) is 3. The fraction of sp³-hybridized carbons (Fsp3) is 0.391. The Morgan fingerprint density at radius 1 is 1.00 bits per heavy atom. The summed E-state index contributed by atoms with van der Waals surface area (Å²) in [6.45, 7) is 2.42. The van der Waals surface area contributed by atoms with Crippen LogP contribution in [0.3, 0.4) is 0 Å². The lowest BCUT2D eigenvalue weighted by Gasteiger charge is -2.22. The minimum atomic E-state index is -4.70. The van der Waals surface area contributed by atoms with E-state index in [2.05, 4.69) is 15.3 Å². The Labute approximate surface area is 201 Å². The van der Waals surface area contributed by atoms with Crippen molar-refractivity contribution in [1.82, 2.24) is 9.97 Å². The average Bonchev–Trinajstić information content (AvgIpc) is 2.86. The summed E-state index contributed by atoms with van der Waals surface area (Å²) in [5.74, 6) is 0.361. The molecule has 1 aromatic heterocycles. The molecular formula is C23H22F6N4O3. The van der Waals surface area contributed by atoms with E-state index in [0.717, 1.165) is 12.1 Å². The second-order valence-corrected chi connectivity index (χ2v) is 8.26. The number of rotatable bonds is 3. The molecule has 194 valence electrons. The molecular weight excluding hydrogens is 494 g/mol. The van der Waals surface area contributed by atoms with Crippen LogP contribution in [0.15, 0.2) is 30.3 Å². The van der Waals surface area contributed by atoms with E-state index < -0.39 is 36.7 Å². The summed E-state index contributed by atoms with van der Waals surface area (Å²) in [5, 5.41) is 3.31. The van der Waals surface area contributed by atoms with Gasteiger partial charge in [-0.1, -0.05) is 0 Å². The normalized spacial score (nSPS) is 17.7. The molecule has 0 spiro atoms. The molecule has 4 rings (SSSR count). The van der Waals surface area contributed by atoms with Crippen molar-refractivity contribution in [2.75, 3.05) is 30.9 Å². The first-order valence-electron chi connectivity index (χ1n) is 10.8. The van der Waals surface area contributed by atoms with Crippen molar-refractivity contribution < 1.29 is 40.6 Å². The van der Waals surface area contributed by atoms with E-state index in [1.807, 2.05) is 0 Å². The van der Waals surface area contributed by atoms with Crippen LogP contribution in [0, 0.1) is 6.92 Å². The first-order chi connectivity index (χ1) is 16.8. The summed E-state index contributed by atoms with van der Waals surface area (Å²) in [7, 11) is 0. The zero-order valence-electron chi connectivity index (χ0n) is 19.1. The quantitative estimate of drug-likeness (QED) is 0.354. The van der Waals surface area contributed by atoms with Crippen LogP contribution >= 0.6 is 0 Å². The maximum absolute atomic E-state index is 13.5. The molecule has 2 aromatic carbocycles. The van der Waals surface area contributed by atoms with E-state index in [-0.39, 0.29) is 47.2 Å². The number of anilines is 2. The maximum atomic E-state index is 13.5. The Bertz CT molecular complexity index is 1270. The first-order valence-corrected chi connectivity index (χ1v) is 10.8. The third kappa shape index (κ3) is 5.66. The Kier molecular flexibility index (Phi) is 6.78. The summed E-state index contributed by atoms with van der Waals surface area (Å²) in [6.07, 6.45) is -11.5. The minimum Gasteiger partial charge on any atom is -0.487 e. The van der Waals surface area contributed by atoms with Crippen molar-refractivity contribution in [2.45, 2.75) is 38.3 Å². The highest BCUT2D eigenvalue weighted by atomic mass is 19.4. The molecule has 0 amide bonds. The molecule has 0 fully saturated rings. The van der Waals surface area contributed by atoms with Gasteiger partial charge in [-0.2, -0.15) is 26.3 Å². The van der Waals surface area contributed by atoms with Crippen LogP contribution in [-0.2, 0) is 10.9 Å². The Morgan fingerprint density at radius 2 is 1.75 bits per heavy atom. The summed E-state index contributed by atoms with van der Waals surface area (Å²) in [4.78, 5) is 8.64. The number of nitrogens with zero attached hydrogens (tertiary/aromatic N) is 2. The Balaban J connectivity index is 1.75. The summed E-state index contributed by atoms with van der Waals surface area (Å²) >= 11 is 0. The van der Waals surface area contributed by atoms with E-state index in [9.17, 15) is 26.3 Å². The van der Waals surface area contributed by atoms with Gasteiger partial charge in [0.05, 0.1) is 30.3 Å². The average molecular weight is 516 g/mol. The van der Waals surface area contributed by atoms with Gasteiger partial charge in [-0.15, -0.1) is 0 Å². The molecule has 1 aliphatic heterocycles. The molecule has 3 N–H and O–H groups in total. The van der Waals surface area contributed by atoms with E-state index in [0.29, 0.717) is 11.3 Å². The molecule has 36 heavy (non-hydrogen) atoms. The predicted octanol–water partition coefficient (Wildman–Crippen LogP) is 5.43. The van der Waals surface area contributed by atoms with Crippen LogP contribution in [0.2, 0.25) is 0 Å². The van der Waals surface area contributed by atoms with Crippen LogP contribution in [0.4, 0.5) is 37.8 Å². The van der Waals surface area contributed by atoms with E-state index in [1.54, 1.807) is 13.8 Å². The van der Waals surface area contributed by atoms with Gasteiger partial charge in [0.1, 0.15) is 18.2 Å². The summed E-state index contributed by atoms with van der Waals surface area (Å²) in [5.41, 5.74) is 5.29. The predicted molar refractivity (Wildman–Crippen MR) is 119 cm³/mol. The molecule has 2 atom stereocenters.